The van der Waals surface area contributed by atoms with Crippen molar-refractivity contribution >= 4 is 11.6 Å². The van der Waals surface area contributed by atoms with Crippen molar-refractivity contribution in [3.05, 3.63) is 77.9 Å². The Bertz CT molecular complexity index is 991. The lowest BCUT2D eigenvalue weighted by Gasteiger charge is -2.14. The molecule has 1 N–H and O–H groups in total. The molecule has 3 rings (SSSR count). The fourth-order valence-corrected chi connectivity index (χ4v) is 2.90. The van der Waals surface area contributed by atoms with Crippen molar-refractivity contribution in [3.63, 3.8) is 0 Å². The Hall–Kier alpha value is -3.41. The van der Waals surface area contributed by atoms with Crippen LogP contribution in [0.5, 0.6) is 11.5 Å². The number of methoxy groups -OCH3 is 2. The van der Waals surface area contributed by atoms with Gasteiger partial charge in [0.2, 0.25) is 5.91 Å². The summed E-state index contributed by atoms with van der Waals surface area (Å²) in [4.78, 5) is 12.6. The number of carbonyl (C=O) groups is 1. The van der Waals surface area contributed by atoms with E-state index in [1.807, 2.05) is 0 Å². The molecule has 0 bridgehead atoms. The van der Waals surface area contributed by atoms with Gasteiger partial charge >= 0.3 is 0 Å². The number of carbonyl (C=O) groups excluding carboxylic acids is 1. The summed E-state index contributed by atoms with van der Waals surface area (Å²) in [5.41, 5.74) is 1.42. The van der Waals surface area contributed by atoms with Gasteiger partial charge < -0.3 is 14.8 Å². The van der Waals surface area contributed by atoms with Gasteiger partial charge in [-0.05, 0) is 17.7 Å². The van der Waals surface area contributed by atoms with Crippen LogP contribution in [0.15, 0.2) is 60.7 Å². The normalized spacial score (nSPS) is 10.4. The van der Waals surface area contributed by atoms with Crippen LogP contribution >= 0.6 is 0 Å². The molecule has 0 aliphatic heterocycles. The third kappa shape index (κ3) is 4.28. The van der Waals surface area contributed by atoms with Gasteiger partial charge in [0.1, 0.15) is 23.1 Å². The monoisotopic (exact) mass is 383 g/mol. The van der Waals surface area contributed by atoms with Crippen molar-refractivity contribution in [3.8, 4) is 22.6 Å². The molecule has 28 heavy (non-hydrogen) atoms. The molecule has 6 heteroatoms. The number of amides is 1. The van der Waals surface area contributed by atoms with Crippen LogP contribution in [0.3, 0.4) is 0 Å². The Morgan fingerprint density at radius 1 is 0.964 bits per heavy atom. The molecule has 0 fully saturated rings. The van der Waals surface area contributed by atoms with Crippen molar-refractivity contribution in [2.75, 3.05) is 19.5 Å². The second-order valence-corrected chi connectivity index (χ2v) is 6.08. The van der Waals surface area contributed by atoms with E-state index in [9.17, 15) is 13.6 Å². The van der Waals surface area contributed by atoms with E-state index >= 15 is 0 Å². The molecule has 0 saturated carbocycles. The fourth-order valence-electron chi connectivity index (χ4n) is 2.90. The summed E-state index contributed by atoms with van der Waals surface area (Å²) >= 11 is 0. The lowest BCUT2D eigenvalue weighted by atomic mass is 10.0. The Morgan fingerprint density at radius 3 is 2.39 bits per heavy atom. The van der Waals surface area contributed by atoms with E-state index in [0.29, 0.717) is 22.6 Å². The highest BCUT2D eigenvalue weighted by Crippen LogP contribution is 2.32. The number of hydrogen-bond donors (Lipinski definition) is 1. The lowest BCUT2D eigenvalue weighted by Crippen LogP contribution is -2.17. The Morgan fingerprint density at radius 2 is 1.71 bits per heavy atom. The maximum Gasteiger partial charge on any atom is 0.229 e. The van der Waals surface area contributed by atoms with Crippen LogP contribution in [-0.2, 0) is 11.2 Å². The van der Waals surface area contributed by atoms with Crippen LogP contribution in [0.2, 0.25) is 0 Å². The number of hydrogen-bond acceptors (Lipinski definition) is 3. The number of nitrogens with one attached hydrogen (secondary N) is 1. The summed E-state index contributed by atoms with van der Waals surface area (Å²) < 4.78 is 38.6. The smallest absolute Gasteiger partial charge is 0.229 e. The molecular formula is C22H19F2NO3. The summed E-state index contributed by atoms with van der Waals surface area (Å²) in [6.45, 7) is 0. The van der Waals surface area contributed by atoms with Crippen molar-refractivity contribution in [1.82, 2.24) is 0 Å². The van der Waals surface area contributed by atoms with Gasteiger partial charge in [-0.25, -0.2) is 8.78 Å². The van der Waals surface area contributed by atoms with Gasteiger partial charge in [0, 0.05) is 23.3 Å². The zero-order chi connectivity index (χ0) is 20.1. The molecule has 3 aromatic rings. The summed E-state index contributed by atoms with van der Waals surface area (Å²) in [7, 11) is 3.02. The first-order chi connectivity index (χ1) is 13.5. The van der Waals surface area contributed by atoms with Crippen LogP contribution in [0.25, 0.3) is 11.1 Å². The molecule has 0 heterocycles. The predicted octanol–water partition coefficient (Wildman–Crippen LogP) is 4.83. The van der Waals surface area contributed by atoms with Crippen LogP contribution < -0.4 is 14.8 Å². The molecule has 0 radical (unpaired) electrons. The highest BCUT2D eigenvalue weighted by Gasteiger charge is 2.17. The second-order valence-electron chi connectivity index (χ2n) is 6.08. The van der Waals surface area contributed by atoms with E-state index < -0.39 is 17.5 Å². The summed E-state index contributed by atoms with van der Waals surface area (Å²) in [5, 5.41) is 2.57. The Labute approximate surface area is 161 Å². The largest absolute Gasteiger partial charge is 0.497 e. The standard InChI is InChI=1S/C22H19F2NO3/c1-27-17-9-8-15(20(13-17)28-2)10-21(26)25-22-18(11-16(23)12-19(22)24)14-6-4-3-5-7-14/h3-9,11-13H,10H2,1-2H3,(H,25,26). The minimum atomic E-state index is -0.839. The SMILES string of the molecule is COc1ccc(CC(=O)Nc2c(F)cc(F)cc2-c2ccccc2)c(OC)c1. The van der Waals surface area contributed by atoms with Gasteiger partial charge in [-0.15, -0.1) is 0 Å². The maximum atomic E-state index is 14.4. The summed E-state index contributed by atoms with van der Waals surface area (Å²) in [6.07, 6.45) is -0.0434. The lowest BCUT2D eigenvalue weighted by molar-refractivity contribution is -0.115. The van der Waals surface area contributed by atoms with Gasteiger partial charge in [0.05, 0.1) is 26.3 Å². The van der Waals surface area contributed by atoms with Crippen molar-refractivity contribution < 1.29 is 23.0 Å². The molecule has 0 aliphatic carbocycles. The van der Waals surface area contributed by atoms with Gasteiger partial charge in [-0.1, -0.05) is 36.4 Å². The van der Waals surface area contributed by atoms with E-state index in [-0.39, 0.29) is 17.7 Å². The average Bonchev–Trinajstić information content (AvgIpc) is 2.70. The molecular weight excluding hydrogens is 364 g/mol. The topological polar surface area (TPSA) is 47.6 Å². The molecule has 0 aromatic heterocycles. The number of anilines is 1. The number of rotatable bonds is 6. The molecule has 4 nitrogen and oxygen atoms in total. The minimum absolute atomic E-state index is 0.0434. The highest BCUT2D eigenvalue weighted by atomic mass is 19.1. The third-order valence-corrected chi connectivity index (χ3v) is 4.25. The minimum Gasteiger partial charge on any atom is -0.497 e. The summed E-state index contributed by atoms with van der Waals surface area (Å²) in [6, 6.07) is 15.8. The average molecular weight is 383 g/mol. The first-order valence-electron chi connectivity index (χ1n) is 8.57. The fraction of sp³-hybridized carbons (Fsp3) is 0.136. The van der Waals surface area contributed by atoms with E-state index in [4.69, 9.17) is 9.47 Å². The van der Waals surface area contributed by atoms with Crippen molar-refractivity contribution in [1.29, 1.82) is 0 Å². The number of halogens is 2. The zero-order valence-electron chi connectivity index (χ0n) is 15.5. The molecule has 1 amide bonds. The molecule has 144 valence electrons. The van der Waals surface area contributed by atoms with Crippen LogP contribution in [0.1, 0.15) is 5.56 Å². The molecule has 0 spiro atoms. The first-order valence-corrected chi connectivity index (χ1v) is 8.57. The van der Waals surface area contributed by atoms with Gasteiger partial charge in [-0.2, -0.15) is 0 Å². The summed E-state index contributed by atoms with van der Waals surface area (Å²) in [5.74, 6) is -0.930. The second kappa shape index (κ2) is 8.52. The predicted molar refractivity (Wildman–Crippen MR) is 104 cm³/mol. The maximum absolute atomic E-state index is 14.4. The number of ether oxygens (including phenoxy) is 2. The van der Waals surface area contributed by atoms with Crippen molar-refractivity contribution in [2.24, 2.45) is 0 Å². The van der Waals surface area contributed by atoms with Gasteiger partial charge in [0.25, 0.3) is 0 Å². The zero-order valence-corrected chi connectivity index (χ0v) is 15.5. The third-order valence-electron chi connectivity index (χ3n) is 4.25. The van der Waals surface area contributed by atoms with Crippen LogP contribution in [0, 0.1) is 11.6 Å². The molecule has 0 saturated heterocycles. The van der Waals surface area contributed by atoms with Gasteiger partial charge in [-0.3, -0.25) is 4.79 Å². The molecule has 3 aromatic carbocycles. The van der Waals surface area contributed by atoms with E-state index in [1.54, 1.807) is 48.5 Å². The Kier molecular flexibility index (Phi) is 5.89. The molecule has 0 aliphatic rings. The first kappa shape index (κ1) is 19.4. The number of benzene rings is 3. The van der Waals surface area contributed by atoms with Crippen molar-refractivity contribution in [2.45, 2.75) is 6.42 Å². The van der Waals surface area contributed by atoms with E-state index in [0.717, 1.165) is 6.07 Å². The molecule has 0 unspecified atom stereocenters. The highest BCUT2D eigenvalue weighted by molar-refractivity contribution is 5.97. The van der Waals surface area contributed by atoms with Crippen LogP contribution in [0.4, 0.5) is 14.5 Å². The quantitative estimate of drug-likeness (QED) is 0.663. The van der Waals surface area contributed by atoms with E-state index in [1.165, 1.54) is 20.3 Å². The van der Waals surface area contributed by atoms with E-state index in [2.05, 4.69) is 5.32 Å². The van der Waals surface area contributed by atoms with Gasteiger partial charge in [0.15, 0.2) is 0 Å². The molecule has 0 atom stereocenters. The Balaban J connectivity index is 1.89. The van der Waals surface area contributed by atoms with Crippen LogP contribution in [-0.4, -0.2) is 20.1 Å².